The summed E-state index contributed by atoms with van der Waals surface area (Å²) in [5.74, 6) is 0.0672. The Morgan fingerprint density at radius 1 is 1.00 bits per heavy atom. The van der Waals surface area contributed by atoms with Crippen molar-refractivity contribution in [3.63, 3.8) is 0 Å². The Morgan fingerprint density at radius 2 is 1.54 bits per heavy atom. The molecule has 2 fully saturated rings. The maximum absolute atomic E-state index is 12.5. The third-order valence-electron chi connectivity index (χ3n) is 4.48. The number of ether oxygens (including phenoxy) is 1. The standard InChI is InChI=1S/C18H32N4O4/c1-17(2,3)22-12-13(11-14(22)23)19-15(24)20-7-9-21(10-8-20)16(25)26-18(4,5)6/h13H,7-12H2,1-6H3,(H,19,24). The van der Waals surface area contributed by atoms with Crippen LogP contribution in [0.3, 0.4) is 0 Å². The first-order valence-corrected chi connectivity index (χ1v) is 9.20. The summed E-state index contributed by atoms with van der Waals surface area (Å²) < 4.78 is 5.36. The first kappa shape index (κ1) is 20.3. The molecule has 4 amide bonds. The number of urea groups is 1. The summed E-state index contributed by atoms with van der Waals surface area (Å²) in [5, 5.41) is 2.95. The fraction of sp³-hybridized carbons (Fsp3) is 0.833. The van der Waals surface area contributed by atoms with Gasteiger partial charge in [-0.3, -0.25) is 4.79 Å². The second kappa shape index (κ2) is 7.32. The van der Waals surface area contributed by atoms with E-state index in [2.05, 4.69) is 5.32 Å². The van der Waals surface area contributed by atoms with E-state index in [0.717, 1.165) is 0 Å². The Hall–Kier alpha value is -1.99. The van der Waals surface area contributed by atoms with Crippen molar-refractivity contribution in [1.29, 1.82) is 0 Å². The van der Waals surface area contributed by atoms with Crippen molar-refractivity contribution in [1.82, 2.24) is 20.0 Å². The van der Waals surface area contributed by atoms with E-state index >= 15 is 0 Å². The van der Waals surface area contributed by atoms with Crippen LogP contribution in [0.25, 0.3) is 0 Å². The molecule has 26 heavy (non-hydrogen) atoms. The molecule has 0 aromatic carbocycles. The lowest BCUT2D eigenvalue weighted by Crippen LogP contribution is -2.55. The highest BCUT2D eigenvalue weighted by molar-refractivity contribution is 5.82. The van der Waals surface area contributed by atoms with Gasteiger partial charge in [0.15, 0.2) is 0 Å². The van der Waals surface area contributed by atoms with E-state index in [1.165, 1.54) is 0 Å². The number of piperazine rings is 1. The summed E-state index contributed by atoms with van der Waals surface area (Å²) in [5.41, 5.74) is -0.769. The van der Waals surface area contributed by atoms with Crippen LogP contribution in [-0.2, 0) is 9.53 Å². The Morgan fingerprint density at radius 3 is 2.00 bits per heavy atom. The highest BCUT2D eigenvalue weighted by Gasteiger charge is 2.37. The van der Waals surface area contributed by atoms with Gasteiger partial charge in [-0.1, -0.05) is 0 Å². The monoisotopic (exact) mass is 368 g/mol. The Bertz CT molecular complexity index is 557. The predicted molar refractivity (Wildman–Crippen MR) is 97.8 cm³/mol. The number of likely N-dealkylation sites (tertiary alicyclic amines) is 1. The van der Waals surface area contributed by atoms with Crippen LogP contribution in [0.5, 0.6) is 0 Å². The van der Waals surface area contributed by atoms with Crippen molar-refractivity contribution < 1.29 is 19.1 Å². The number of carbonyl (C=O) groups excluding carboxylic acids is 3. The van der Waals surface area contributed by atoms with Gasteiger partial charge in [0, 0.05) is 44.7 Å². The molecule has 0 aromatic heterocycles. The van der Waals surface area contributed by atoms with Crippen molar-refractivity contribution in [2.24, 2.45) is 0 Å². The SMILES string of the molecule is CC(C)(C)OC(=O)N1CCN(C(=O)NC2CC(=O)N(C(C)(C)C)C2)CC1. The van der Waals surface area contributed by atoms with Crippen molar-refractivity contribution in [3.05, 3.63) is 0 Å². The summed E-state index contributed by atoms with van der Waals surface area (Å²) >= 11 is 0. The molecule has 0 saturated carbocycles. The van der Waals surface area contributed by atoms with Gasteiger partial charge in [-0.25, -0.2) is 9.59 Å². The molecule has 2 aliphatic heterocycles. The normalized spacial score (nSPS) is 21.8. The molecule has 2 aliphatic rings. The average Bonchev–Trinajstić information content (AvgIpc) is 2.86. The maximum Gasteiger partial charge on any atom is 0.410 e. The van der Waals surface area contributed by atoms with Crippen molar-refractivity contribution in [2.45, 2.75) is 65.1 Å². The van der Waals surface area contributed by atoms with Gasteiger partial charge < -0.3 is 24.8 Å². The minimum absolute atomic E-state index is 0.0672. The van der Waals surface area contributed by atoms with Crippen LogP contribution in [-0.4, -0.2) is 82.6 Å². The number of nitrogens with zero attached hydrogens (tertiary/aromatic N) is 3. The van der Waals surface area contributed by atoms with Crippen molar-refractivity contribution >= 4 is 18.0 Å². The molecular formula is C18H32N4O4. The molecule has 0 bridgehead atoms. The van der Waals surface area contributed by atoms with Gasteiger partial charge >= 0.3 is 12.1 Å². The summed E-state index contributed by atoms with van der Waals surface area (Å²) in [6.07, 6.45) is -0.0132. The minimum Gasteiger partial charge on any atom is -0.444 e. The van der Waals surface area contributed by atoms with Gasteiger partial charge in [0.2, 0.25) is 5.91 Å². The molecule has 1 unspecified atom stereocenters. The molecule has 1 atom stereocenters. The van der Waals surface area contributed by atoms with Crippen molar-refractivity contribution in [2.75, 3.05) is 32.7 Å². The highest BCUT2D eigenvalue weighted by Crippen LogP contribution is 2.22. The van der Waals surface area contributed by atoms with E-state index in [0.29, 0.717) is 39.1 Å². The smallest absolute Gasteiger partial charge is 0.410 e. The number of rotatable bonds is 1. The van der Waals surface area contributed by atoms with E-state index in [1.54, 1.807) is 14.7 Å². The van der Waals surface area contributed by atoms with Crippen LogP contribution in [0.15, 0.2) is 0 Å². The second-order valence-corrected chi connectivity index (χ2v) is 8.98. The zero-order valence-corrected chi connectivity index (χ0v) is 16.8. The molecule has 0 aromatic rings. The van der Waals surface area contributed by atoms with Crippen LogP contribution in [0.4, 0.5) is 9.59 Å². The fourth-order valence-corrected chi connectivity index (χ4v) is 3.14. The Kier molecular flexibility index (Phi) is 5.73. The molecule has 1 N–H and O–H groups in total. The van der Waals surface area contributed by atoms with E-state index < -0.39 is 5.60 Å². The Labute approximate surface area is 155 Å². The van der Waals surface area contributed by atoms with Crippen LogP contribution in [0.1, 0.15) is 48.0 Å². The maximum atomic E-state index is 12.5. The molecule has 148 valence electrons. The zero-order valence-electron chi connectivity index (χ0n) is 16.8. The second-order valence-electron chi connectivity index (χ2n) is 8.98. The molecule has 0 spiro atoms. The lowest BCUT2D eigenvalue weighted by Gasteiger charge is -2.36. The summed E-state index contributed by atoms with van der Waals surface area (Å²) in [4.78, 5) is 41.8. The number of hydrogen-bond donors (Lipinski definition) is 1. The molecule has 0 aliphatic carbocycles. The lowest BCUT2D eigenvalue weighted by molar-refractivity contribution is -0.131. The van der Waals surface area contributed by atoms with Gasteiger partial charge in [-0.15, -0.1) is 0 Å². The number of amides is 4. The van der Waals surface area contributed by atoms with Crippen molar-refractivity contribution in [3.8, 4) is 0 Å². The van der Waals surface area contributed by atoms with E-state index in [9.17, 15) is 14.4 Å². The van der Waals surface area contributed by atoms with Gasteiger partial charge in [-0.2, -0.15) is 0 Å². The van der Waals surface area contributed by atoms with Crippen LogP contribution in [0, 0.1) is 0 Å². The minimum atomic E-state index is -0.528. The van der Waals surface area contributed by atoms with Gasteiger partial charge in [0.25, 0.3) is 0 Å². The molecule has 2 saturated heterocycles. The quantitative estimate of drug-likeness (QED) is 0.763. The highest BCUT2D eigenvalue weighted by atomic mass is 16.6. The van der Waals surface area contributed by atoms with Crippen LogP contribution < -0.4 is 5.32 Å². The molecule has 2 rings (SSSR count). The first-order valence-electron chi connectivity index (χ1n) is 9.20. The zero-order chi connectivity index (χ0) is 19.7. The number of nitrogens with one attached hydrogen (secondary N) is 1. The van der Waals surface area contributed by atoms with E-state index in [1.807, 2.05) is 41.5 Å². The Balaban J connectivity index is 1.80. The first-order chi connectivity index (χ1) is 11.9. The predicted octanol–water partition coefficient (Wildman–Crippen LogP) is 1.65. The number of carbonyl (C=O) groups is 3. The van der Waals surface area contributed by atoms with E-state index in [4.69, 9.17) is 4.74 Å². The largest absolute Gasteiger partial charge is 0.444 e. The van der Waals surface area contributed by atoms with Gasteiger partial charge in [-0.05, 0) is 41.5 Å². The fourth-order valence-electron chi connectivity index (χ4n) is 3.14. The molecular weight excluding hydrogens is 336 g/mol. The average molecular weight is 368 g/mol. The molecule has 0 radical (unpaired) electrons. The third kappa shape index (κ3) is 5.25. The topological polar surface area (TPSA) is 82.2 Å². The van der Waals surface area contributed by atoms with E-state index in [-0.39, 0.29) is 29.6 Å². The lowest BCUT2D eigenvalue weighted by atomic mass is 10.1. The van der Waals surface area contributed by atoms with Crippen LogP contribution >= 0.6 is 0 Å². The third-order valence-corrected chi connectivity index (χ3v) is 4.48. The summed E-state index contributed by atoms with van der Waals surface area (Å²) in [6, 6.07) is -0.347. The summed E-state index contributed by atoms with van der Waals surface area (Å²) in [6.45, 7) is 13.8. The number of hydrogen-bond acceptors (Lipinski definition) is 4. The van der Waals surface area contributed by atoms with Gasteiger partial charge in [0.05, 0.1) is 6.04 Å². The molecule has 8 heteroatoms. The molecule has 8 nitrogen and oxygen atoms in total. The molecule has 2 heterocycles. The van der Waals surface area contributed by atoms with Gasteiger partial charge in [0.1, 0.15) is 5.60 Å². The van der Waals surface area contributed by atoms with Crippen LogP contribution in [0.2, 0.25) is 0 Å². The summed E-state index contributed by atoms with van der Waals surface area (Å²) in [7, 11) is 0.